The van der Waals surface area contributed by atoms with Crippen molar-refractivity contribution in [2.24, 2.45) is 11.1 Å². The maximum absolute atomic E-state index is 10.8. The first kappa shape index (κ1) is 13.3. The molecule has 1 atom stereocenters. The molecule has 90 valence electrons. The van der Waals surface area contributed by atoms with Crippen LogP contribution in [0.4, 0.5) is 0 Å². The molecule has 0 heterocycles. The van der Waals surface area contributed by atoms with Crippen LogP contribution < -0.4 is 9.88 Å². The van der Waals surface area contributed by atoms with Crippen molar-refractivity contribution < 1.29 is 13.2 Å². The Morgan fingerprint density at radius 2 is 1.94 bits per heavy atom. The zero-order chi connectivity index (χ0) is 12.2. The van der Waals surface area contributed by atoms with E-state index in [1.165, 1.54) is 0 Å². The van der Waals surface area contributed by atoms with Gasteiger partial charge in [0.1, 0.15) is 5.75 Å². The zero-order valence-corrected chi connectivity index (χ0v) is 10.5. The average Bonchev–Trinajstić information content (AvgIpc) is 2.14. The van der Waals surface area contributed by atoms with Crippen LogP contribution in [0.3, 0.4) is 0 Å². The first-order chi connectivity index (χ1) is 7.37. The van der Waals surface area contributed by atoms with Gasteiger partial charge in [0.15, 0.2) is 0 Å². The van der Waals surface area contributed by atoms with Crippen molar-refractivity contribution in [3.05, 3.63) is 29.3 Å². The van der Waals surface area contributed by atoms with Gasteiger partial charge >= 0.3 is 0 Å². The summed E-state index contributed by atoms with van der Waals surface area (Å²) >= 11 is 5.71. The van der Waals surface area contributed by atoms with E-state index < -0.39 is 10.0 Å². The van der Waals surface area contributed by atoms with Crippen LogP contribution in [0, 0.1) is 5.92 Å². The van der Waals surface area contributed by atoms with Crippen molar-refractivity contribution in [3.63, 3.8) is 0 Å². The van der Waals surface area contributed by atoms with E-state index in [1.807, 2.05) is 0 Å². The first-order valence-corrected chi connectivity index (χ1v) is 6.85. The average molecular weight is 264 g/mol. The lowest BCUT2D eigenvalue weighted by molar-refractivity contribution is 0.272. The lowest BCUT2D eigenvalue weighted by Gasteiger charge is -2.11. The molecular weight excluding hydrogens is 250 g/mol. The summed E-state index contributed by atoms with van der Waals surface area (Å²) < 4.78 is 27.0. The van der Waals surface area contributed by atoms with Crippen LogP contribution in [0.1, 0.15) is 6.92 Å². The number of nitrogens with two attached hydrogens (primary N) is 1. The van der Waals surface area contributed by atoms with Crippen molar-refractivity contribution in [2.75, 3.05) is 12.4 Å². The standard InChI is InChI=1S/C10H14ClNO3S/c1-8(7-16(12,13)14)6-15-10-4-2-9(11)3-5-10/h2-5,8H,6-7H2,1H3,(H2,12,13,14). The van der Waals surface area contributed by atoms with Crippen molar-refractivity contribution in [2.45, 2.75) is 6.92 Å². The van der Waals surface area contributed by atoms with Crippen LogP contribution >= 0.6 is 11.6 Å². The maximum atomic E-state index is 10.8. The lowest BCUT2D eigenvalue weighted by Crippen LogP contribution is -2.25. The number of rotatable bonds is 5. The molecule has 4 nitrogen and oxygen atoms in total. The maximum Gasteiger partial charge on any atom is 0.209 e. The zero-order valence-electron chi connectivity index (χ0n) is 8.89. The summed E-state index contributed by atoms with van der Waals surface area (Å²) in [6.45, 7) is 2.07. The molecule has 0 bridgehead atoms. The number of hydrogen-bond acceptors (Lipinski definition) is 3. The van der Waals surface area contributed by atoms with Crippen LogP contribution in [0.15, 0.2) is 24.3 Å². The molecule has 2 N–H and O–H groups in total. The van der Waals surface area contributed by atoms with E-state index in [2.05, 4.69) is 0 Å². The van der Waals surface area contributed by atoms with Crippen LogP contribution in [0.5, 0.6) is 5.75 Å². The second kappa shape index (κ2) is 5.52. The molecule has 0 aliphatic rings. The van der Waals surface area contributed by atoms with Gasteiger partial charge in [-0.3, -0.25) is 0 Å². The molecule has 6 heteroatoms. The smallest absolute Gasteiger partial charge is 0.209 e. The highest BCUT2D eigenvalue weighted by Gasteiger charge is 2.11. The van der Waals surface area contributed by atoms with Gasteiger partial charge in [0.05, 0.1) is 12.4 Å². The number of hydrogen-bond donors (Lipinski definition) is 1. The molecule has 1 unspecified atom stereocenters. The fourth-order valence-electron chi connectivity index (χ4n) is 1.21. The normalized spacial score (nSPS) is 13.4. The highest BCUT2D eigenvalue weighted by Crippen LogP contribution is 2.16. The highest BCUT2D eigenvalue weighted by atomic mass is 35.5. The molecule has 0 aliphatic heterocycles. The molecule has 0 amide bonds. The van der Waals surface area contributed by atoms with E-state index in [4.69, 9.17) is 21.5 Å². The Hall–Kier alpha value is -0.780. The number of halogens is 1. The summed E-state index contributed by atoms with van der Waals surface area (Å²) in [5.74, 6) is 0.428. The molecule has 0 aromatic heterocycles. The monoisotopic (exact) mass is 263 g/mol. The first-order valence-electron chi connectivity index (χ1n) is 4.75. The second-order valence-corrected chi connectivity index (χ2v) is 5.80. The molecule has 0 spiro atoms. The van der Waals surface area contributed by atoms with E-state index in [0.29, 0.717) is 17.4 Å². The van der Waals surface area contributed by atoms with Crippen molar-refractivity contribution in [3.8, 4) is 5.75 Å². The van der Waals surface area contributed by atoms with Crippen molar-refractivity contribution in [1.82, 2.24) is 0 Å². The van der Waals surface area contributed by atoms with Gasteiger partial charge in [-0.25, -0.2) is 13.6 Å². The van der Waals surface area contributed by atoms with Gasteiger partial charge in [0, 0.05) is 10.9 Å². The Bertz CT molecular complexity index is 430. The lowest BCUT2D eigenvalue weighted by atomic mass is 10.2. The van der Waals surface area contributed by atoms with E-state index >= 15 is 0 Å². The molecule has 0 saturated carbocycles. The molecule has 0 saturated heterocycles. The molecule has 0 fully saturated rings. The molecule has 1 rings (SSSR count). The summed E-state index contributed by atoms with van der Waals surface area (Å²) in [5, 5.41) is 5.55. The van der Waals surface area contributed by atoms with Gasteiger partial charge < -0.3 is 4.74 Å². The van der Waals surface area contributed by atoms with Crippen molar-refractivity contribution in [1.29, 1.82) is 0 Å². The number of primary sulfonamides is 1. The van der Waals surface area contributed by atoms with Crippen LogP contribution in [0.25, 0.3) is 0 Å². The minimum Gasteiger partial charge on any atom is -0.493 e. The minimum absolute atomic E-state index is 0.0827. The summed E-state index contributed by atoms with van der Waals surface area (Å²) in [6, 6.07) is 6.88. The molecule has 1 aromatic carbocycles. The molecule has 0 radical (unpaired) electrons. The summed E-state index contributed by atoms with van der Waals surface area (Å²) in [4.78, 5) is 0. The Kier molecular flexibility index (Phi) is 4.58. The molecule has 0 aliphatic carbocycles. The molecular formula is C10H14ClNO3S. The third-order valence-electron chi connectivity index (χ3n) is 1.86. The topological polar surface area (TPSA) is 69.4 Å². The van der Waals surface area contributed by atoms with Crippen LogP contribution in [0.2, 0.25) is 5.02 Å². The second-order valence-electron chi connectivity index (χ2n) is 3.70. The fourth-order valence-corrected chi connectivity index (χ4v) is 2.23. The third kappa shape index (κ3) is 5.34. The Labute approximate surface area is 100 Å². The number of ether oxygens (including phenoxy) is 1. The van der Waals surface area contributed by atoms with Crippen molar-refractivity contribution >= 4 is 21.6 Å². The van der Waals surface area contributed by atoms with E-state index in [0.717, 1.165) is 0 Å². The predicted octanol–water partition coefficient (Wildman–Crippen LogP) is 1.64. The minimum atomic E-state index is -3.44. The SMILES string of the molecule is CC(COc1ccc(Cl)cc1)CS(N)(=O)=O. The summed E-state index contributed by atoms with van der Waals surface area (Å²) in [6.07, 6.45) is 0. The summed E-state index contributed by atoms with van der Waals surface area (Å²) in [5.41, 5.74) is 0. The summed E-state index contributed by atoms with van der Waals surface area (Å²) in [7, 11) is -3.44. The van der Waals surface area contributed by atoms with E-state index in [-0.39, 0.29) is 11.7 Å². The van der Waals surface area contributed by atoms with Gasteiger partial charge in [-0.1, -0.05) is 18.5 Å². The predicted molar refractivity (Wildman–Crippen MR) is 64.1 cm³/mol. The fraction of sp³-hybridized carbons (Fsp3) is 0.400. The van der Waals surface area contributed by atoms with Gasteiger partial charge in [-0.2, -0.15) is 0 Å². The Balaban J connectivity index is 2.43. The third-order valence-corrected chi connectivity index (χ3v) is 3.15. The van der Waals surface area contributed by atoms with Crippen LogP contribution in [-0.4, -0.2) is 20.8 Å². The van der Waals surface area contributed by atoms with Gasteiger partial charge in [-0.15, -0.1) is 0 Å². The highest BCUT2D eigenvalue weighted by molar-refractivity contribution is 7.89. The van der Waals surface area contributed by atoms with Gasteiger partial charge in [0.2, 0.25) is 10.0 Å². The van der Waals surface area contributed by atoms with E-state index in [9.17, 15) is 8.42 Å². The van der Waals surface area contributed by atoms with E-state index in [1.54, 1.807) is 31.2 Å². The number of benzene rings is 1. The number of sulfonamides is 1. The largest absolute Gasteiger partial charge is 0.493 e. The Morgan fingerprint density at radius 1 is 1.38 bits per heavy atom. The molecule has 1 aromatic rings. The molecule has 16 heavy (non-hydrogen) atoms. The quantitative estimate of drug-likeness (QED) is 0.878. The van der Waals surface area contributed by atoms with Crippen LogP contribution in [-0.2, 0) is 10.0 Å². The van der Waals surface area contributed by atoms with Gasteiger partial charge in [-0.05, 0) is 24.3 Å². The van der Waals surface area contributed by atoms with Gasteiger partial charge in [0.25, 0.3) is 0 Å². The Morgan fingerprint density at radius 3 is 2.44 bits per heavy atom.